The fourth-order valence-electron chi connectivity index (χ4n) is 1.42. The molecule has 0 radical (unpaired) electrons. The van der Waals surface area contributed by atoms with E-state index < -0.39 is 16.8 Å². The van der Waals surface area contributed by atoms with Gasteiger partial charge in [0.15, 0.2) is 0 Å². The average Bonchev–Trinajstić information content (AvgIpc) is 2.85. The minimum atomic E-state index is -4.47. The third-order valence-electron chi connectivity index (χ3n) is 2.37. The lowest BCUT2D eigenvalue weighted by molar-refractivity contribution is -0.380. The molecule has 2 rings (SSSR count). The van der Waals surface area contributed by atoms with Crippen LogP contribution in [0.2, 0.25) is 0 Å². The standard InChI is InChI=1S/C11H8F3N3O2S/c12-11(13,14)9-2-1-8(5-16-9)15-4-7-3-10(17(18)19)20-6-7/h1-3,5-6,15H,4H2. The highest BCUT2D eigenvalue weighted by molar-refractivity contribution is 7.13. The molecular weight excluding hydrogens is 295 g/mol. The Bertz CT molecular complexity index is 610. The molecular formula is C11H8F3N3O2S. The lowest BCUT2D eigenvalue weighted by atomic mass is 10.3. The first-order valence-corrected chi connectivity index (χ1v) is 6.23. The fourth-order valence-corrected chi connectivity index (χ4v) is 2.15. The summed E-state index contributed by atoms with van der Waals surface area (Å²) in [6, 6.07) is 3.55. The van der Waals surface area contributed by atoms with E-state index in [1.807, 2.05) is 0 Å². The molecule has 0 saturated heterocycles. The van der Waals surface area contributed by atoms with Gasteiger partial charge < -0.3 is 5.32 Å². The van der Waals surface area contributed by atoms with E-state index in [0.717, 1.165) is 23.6 Å². The first-order chi connectivity index (χ1) is 9.36. The first-order valence-electron chi connectivity index (χ1n) is 5.35. The fraction of sp³-hybridized carbons (Fsp3) is 0.182. The van der Waals surface area contributed by atoms with Gasteiger partial charge in [0.05, 0.1) is 16.8 Å². The molecule has 1 N–H and O–H groups in total. The monoisotopic (exact) mass is 303 g/mol. The van der Waals surface area contributed by atoms with E-state index in [9.17, 15) is 23.3 Å². The van der Waals surface area contributed by atoms with Crippen molar-refractivity contribution in [1.82, 2.24) is 4.98 Å². The summed E-state index contributed by atoms with van der Waals surface area (Å²) in [6.45, 7) is 0.275. The number of nitrogens with zero attached hydrogens (tertiary/aromatic N) is 2. The predicted octanol–water partition coefficient (Wildman–Crippen LogP) is 3.68. The van der Waals surface area contributed by atoms with Crippen molar-refractivity contribution in [3.05, 3.63) is 51.1 Å². The number of nitrogens with one attached hydrogen (secondary N) is 1. The summed E-state index contributed by atoms with van der Waals surface area (Å²) in [5.41, 5.74) is 0.127. The van der Waals surface area contributed by atoms with Crippen LogP contribution in [0.4, 0.5) is 23.9 Å². The van der Waals surface area contributed by atoms with Crippen molar-refractivity contribution in [1.29, 1.82) is 0 Å². The highest BCUT2D eigenvalue weighted by Crippen LogP contribution is 2.28. The molecule has 9 heteroatoms. The van der Waals surface area contributed by atoms with Crippen LogP contribution >= 0.6 is 11.3 Å². The number of alkyl halides is 3. The minimum absolute atomic E-state index is 0.0207. The Morgan fingerprint density at radius 1 is 1.40 bits per heavy atom. The SMILES string of the molecule is O=[N+]([O-])c1cc(CNc2ccc(C(F)(F)F)nc2)cs1. The molecule has 0 amide bonds. The van der Waals surface area contributed by atoms with Crippen molar-refractivity contribution >= 4 is 22.0 Å². The van der Waals surface area contributed by atoms with E-state index in [4.69, 9.17) is 0 Å². The zero-order valence-electron chi connectivity index (χ0n) is 9.85. The normalized spacial score (nSPS) is 11.3. The van der Waals surface area contributed by atoms with Gasteiger partial charge in [0, 0.05) is 18.0 Å². The molecule has 2 aromatic rings. The van der Waals surface area contributed by atoms with Crippen LogP contribution in [-0.4, -0.2) is 9.91 Å². The van der Waals surface area contributed by atoms with Gasteiger partial charge in [0.2, 0.25) is 0 Å². The van der Waals surface area contributed by atoms with Gasteiger partial charge in [0.25, 0.3) is 0 Å². The number of rotatable bonds is 4. The third kappa shape index (κ3) is 3.44. The van der Waals surface area contributed by atoms with Gasteiger partial charge >= 0.3 is 11.2 Å². The van der Waals surface area contributed by atoms with E-state index in [0.29, 0.717) is 11.3 Å². The topological polar surface area (TPSA) is 68.1 Å². The molecule has 5 nitrogen and oxygen atoms in total. The Labute approximate surface area is 115 Å². The Morgan fingerprint density at radius 2 is 2.15 bits per heavy atom. The second-order valence-corrected chi connectivity index (χ2v) is 4.72. The van der Waals surface area contributed by atoms with Crippen LogP contribution in [0.15, 0.2) is 29.8 Å². The quantitative estimate of drug-likeness (QED) is 0.691. The van der Waals surface area contributed by atoms with Crippen molar-refractivity contribution < 1.29 is 18.1 Å². The van der Waals surface area contributed by atoms with Gasteiger partial charge in [-0.15, -0.1) is 0 Å². The molecule has 0 aromatic carbocycles. The number of thiophene rings is 1. The molecule has 0 aliphatic rings. The van der Waals surface area contributed by atoms with Gasteiger partial charge in [-0.2, -0.15) is 13.2 Å². The number of anilines is 1. The molecule has 0 unspecified atom stereocenters. The maximum atomic E-state index is 12.3. The smallest absolute Gasteiger partial charge is 0.380 e. The molecule has 0 atom stereocenters. The van der Waals surface area contributed by atoms with Gasteiger partial charge in [-0.3, -0.25) is 10.1 Å². The van der Waals surface area contributed by atoms with Crippen LogP contribution in [0.25, 0.3) is 0 Å². The van der Waals surface area contributed by atoms with Crippen LogP contribution in [0, 0.1) is 10.1 Å². The van der Waals surface area contributed by atoms with Crippen LogP contribution < -0.4 is 5.32 Å². The maximum absolute atomic E-state index is 12.3. The van der Waals surface area contributed by atoms with Crippen LogP contribution in [0.1, 0.15) is 11.3 Å². The van der Waals surface area contributed by atoms with Crippen molar-refractivity contribution in [3.8, 4) is 0 Å². The summed E-state index contributed by atoms with van der Waals surface area (Å²) in [6.07, 6.45) is -3.39. The zero-order chi connectivity index (χ0) is 14.8. The molecule has 0 fully saturated rings. The Kier molecular flexibility index (Phi) is 3.89. The molecule has 0 saturated carbocycles. The minimum Gasteiger partial charge on any atom is -0.380 e. The van der Waals surface area contributed by atoms with E-state index in [-0.39, 0.29) is 11.5 Å². The second-order valence-electron chi connectivity index (χ2n) is 3.83. The largest absolute Gasteiger partial charge is 0.433 e. The number of pyridine rings is 1. The number of hydrogen-bond donors (Lipinski definition) is 1. The van der Waals surface area contributed by atoms with Crippen LogP contribution in [0.3, 0.4) is 0 Å². The van der Waals surface area contributed by atoms with E-state index in [1.165, 1.54) is 12.1 Å². The summed E-state index contributed by atoms with van der Waals surface area (Å²) < 4.78 is 36.9. The Balaban J connectivity index is 1.98. The van der Waals surface area contributed by atoms with Crippen molar-refractivity contribution in [3.63, 3.8) is 0 Å². The van der Waals surface area contributed by atoms with Crippen molar-refractivity contribution in [2.45, 2.75) is 12.7 Å². The van der Waals surface area contributed by atoms with Gasteiger partial charge in [-0.1, -0.05) is 11.3 Å². The number of halogens is 3. The van der Waals surface area contributed by atoms with Crippen LogP contribution in [0.5, 0.6) is 0 Å². The van der Waals surface area contributed by atoms with Crippen molar-refractivity contribution in [2.75, 3.05) is 5.32 Å². The van der Waals surface area contributed by atoms with E-state index in [1.54, 1.807) is 5.38 Å². The summed E-state index contributed by atoms with van der Waals surface area (Å²) in [5.74, 6) is 0. The summed E-state index contributed by atoms with van der Waals surface area (Å²) >= 11 is 0.995. The molecule has 2 aromatic heterocycles. The maximum Gasteiger partial charge on any atom is 0.433 e. The second kappa shape index (κ2) is 5.45. The van der Waals surface area contributed by atoms with Gasteiger partial charge in [-0.05, 0) is 17.7 Å². The predicted molar refractivity (Wildman–Crippen MR) is 67.5 cm³/mol. The summed E-state index contributed by atoms with van der Waals surface area (Å²) in [5, 5.41) is 15.0. The lowest BCUT2D eigenvalue weighted by Crippen LogP contribution is -2.08. The molecule has 20 heavy (non-hydrogen) atoms. The third-order valence-corrected chi connectivity index (χ3v) is 3.30. The number of nitro groups is 1. The number of hydrogen-bond acceptors (Lipinski definition) is 5. The molecule has 106 valence electrons. The van der Waals surface area contributed by atoms with Crippen molar-refractivity contribution in [2.24, 2.45) is 0 Å². The number of aromatic nitrogens is 1. The van der Waals surface area contributed by atoms with Gasteiger partial charge in [-0.25, -0.2) is 4.98 Å². The molecule has 0 aliphatic carbocycles. The molecule has 0 bridgehead atoms. The Morgan fingerprint density at radius 3 is 2.65 bits per heavy atom. The molecule has 0 aliphatic heterocycles. The summed E-state index contributed by atoms with van der Waals surface area (Å²) in [7, 11) is 0. The lowest BCUT2D eigenvalue weighted by Gasteiger charge is -2.07. The van der Waals surface area contributed by atoms with E-state index >= 15 is 0 Å². The Hall–Kier alpha value is -2.16. The van der Waals surface area contributed by atoms with Gasteiger partial charge in [0.1, 0.15) is 5.69 Å². The first kappa shape index (κ1) is 14.3. The van der Waals surface area contributed by atoms with Crippen LogP contribution in [-0.2, 0) is 12.7 Å². The highest BCUT2D eigenvalue weighted by Gasteiger charge is 2.31. The molecule has 2 heterocycles. The average molecular weight is 303 g/mol. The zero-order valence-corrected chi connectivity index (χ0v) is 10.7. The highest BCUT2D eigenvalue weighted by atomic mass is 32.1. The van der Waals surface area contributed by atoms with E-state index in [2.05, 4.69) is 10.3 Å². The molecule has 0 spiro atoms. The summed E-state index contributed by atoms with van der Waals surface area (Å²) in [4.78, 5) is 13.3.